The molecule has 19 heavy (non-hydrogen) atoms. The number of aryl methyl sites for hydroxylation is 1. The van der Waals surface area contributed by atoms with Gasteiger partial charge >= 0.3 is 0 Å². The van der Waals surface area contributed by atoms with Crippen LogP contribution in [-0.4, -0.2) is 6.54 Å². The number of nitrogens with zero attached hydrogens (tertiary/aromatic N) is 1. The first-order chi connectivity index (χ1) is 9.29. The Morgan fingerprint density at radius 1 is 1.11 bits per heavy atom. The molecule has 0 aliphatic carbocycles. The maximum atomic E-state index is 8.85. The molecule has 0 heterocycles. The van der Waals surface area contributed by atoms with E-state index in [1.54, 1.807) is 18.2 Å². The molecule has 0 amide bonds. The number of nitrogens with two attached hydrogens (primary N) is 1. The molecule has 0 radical (unpaired) electrons. The van der Waals surface area contributed by atoms with Crippen LogP contribution in [0.15, 0.2) is 48.5 Å². The highest BCUT2D eigenvalue weighted by Gasteiger charge is 2.00. The lowest BCUT2D eigenvalue weighted by Crippen LogP contribution is -2.05. The van der Waals surface area contributed by atoms with Crippen molar-refractivity contribution in [3.63, 3.8) is 0 Å². The highest BCUT2D eigenvalue weighted by molar-refractivity contribution is 5.68. The number of anilines is 2. The molecule has 0 unspecified atom stereocenters. The van der Waals surface area contributed by atoms with Crippen LogP contribution in [0.4, 0.5) is 11.4 Å². The van der Waals surface area contributed by atoms with E-state index in [1.807, 2.05) is 6.07 Å². The SMILES string of the molecule is N#Cc1ccc(N)c(NCCCc2ccccc2)c1. The third kappa shape index (κ3) is 3.75. The molecular weight excluding hydrogens is 234 g/mol. The van der Waals surface area contributed by atoms with E-state index in [1.165, 1.54) is 5.56 Å². The van der Waals surface area contributed by atoms with E-state index in [-0.39, 0.29) is 0 Å². The van der Waals surface area contributed by atoms with Crippen LogP contribution in [0.3, 0.4) is 0 Å². The number of benzene rings is 2. The number of nitriles is 1. The first-order valence-electron chi connectivity index (χ1n) is 6.37. The molecule has 96 valence electrons. The summed E-state index contributed by atoms with van der Waals surface area (Å²) in [5.41, 5.74) is 9.35. The summed E-state index contributed by atoms with van der Waals surface area (Å²) in [6.07, 6.45) is 2.06. The van der Waals surface area contributed by atoms with Crippen LogP contribution in [0.1, 0.15) is 17.5 Å². The Kier molecular flexibility index (Phi) is 4.41. The van der Waals surface area contributed by atoms with E-state index in [0.717, 1.165) is 25.1 Å². The first kappa shape index (κ1) is 13.0. The predicted octanol–water partition coefficient (Wildman–Crippen LogP) is 3.19. The van der Waals surface area contributed by atoms with Crippen molar-refractivity contribution < 1.29 is 0 Å². The van der Waals surface area contributed by atoms with Crippen molar-refractivity contribution in [1.29, 1.82) is 5.26 Å². The molecule has 0 aliphatic rings. The summed E-state index contributed by atoms with van der Waals surface area (Å²) in [5.74, 6) is 0. The molecule has 3 nitrogen and oxygen atoms in total. The lowest BCUT2D eigenvalue weighted by molar-refractivity contribution is 0.863. The summed E-state index contributed by atoms with van der Waals surface area (Å²) in [6, 6.07) is 17.8. The van der Waals surface area contributed by atoms with Crippen molar-refractivity contribution in [3.8, 4) is 6.07 Å². The van der Waals surface area contributed by atoms with Gasteiger partial charge in [-0.3, -0.25) is 0 Å². The van der Waals surface area contributed by atoms with Crippen LogP contribution in [0, 0.1) is 11.3 Å². The minimum Gasteiger partial charge on any atom is -0.397 e. The van der Waals surface area contributed by atoms with Gasteiger partial charge in [-0.1, -0.05) is 30.3 Å². The molecule has 2 rings (SSSR count). The van der Waals surface area contributed by atoms with Gasteiger partial charge in [-0.05, 0) is 36.6 Å². The minimum absolute atomic E-state index is 0.625. The van der Waals surface area contributed by atoms with Gasteiger partial charge in [-0.2, -0.15) is 5.26 Å². The molecule has 3 heteroatoms. The van der Waals surface area contributed by atoms with Gasteiger partial charge in [0.2, 0.25) is 0 Å². The van der Waals surface area contributed by atoms with Crippen molar-refractivity contribution in [3.05, 3.63) is 59.7 Å². The van der Waals surface area contributed by atoms with E-state index in [4.69, 9.17) is 11.0 Å². The normalized spacial score (nSPS) is 9.84. The lowest BCUT2D eigenvalue weighted by Gasteiger charge is -2.09. The summed E-state index contributed by atoms with van der Waals surface area (Å²) in [7, 11) is 0. The van der Waals surface area contributed by atoms with Gasteiger partial charge in [-0.25, -0.2) is 0 Å². The Balaban J connectivity index is 1.85. The van der Waals surface area contributed by atoms with Crippen LogP contribution in [-0.2, 0) is 6.42 Å². The number of rotatable bonds is 5. The van der Waals surface area contributed by atoms with Crippen LogP contribution in [0.2, 0.25) is 0 Å². The molecule has 0 aromatic heterocycles. The zero-order valence-corrected chi connectivity index (χ0v) is 10.8. The zero-order valence-electron chi connectivity index (χ0n) is 10.8. The molecule has 0 fully saturated rings. The maximum Gasteiger partial charge on any atom is 0.0992 e. The summed E-state index contributed by atoms with van der Waals surface area (Å²) in [6.45, 7) is 0.841. The fraction of sp³-hybridized carbons (Fsp3) is 0.188. The minimum atomic E-state index is 0.625. The second kappa shape index (κ2) is 6.46. The van der Waals surface area contributed by atoms with Crippen molar-refractivity contribution in [2.75, 3.05) is 17.6 Å². The number of hydrogen-bond acceptors (Lipinski definition) is 3. The standard InChI is InChI=1S/C16H17N3/c17-12-14-8-9-15(18)16(11-14)19-10-4-7-13-5-2-1-3-6-13/h1-3,5-6,8-9,11,19H,4,7,10,18H2. The van der Waals surface area contributed by atoms with Crippen molar-refractivity contribution in [2.24, 2.45) is 0 Å². The molecule has 3 N–H and O–H groups in total. The first-order valence-corrected chi connectivity index (χ1v) is 6.37. The van der Waals surface area contributed by atoms with E-state index in [9.17, 15) is 0 Å². The van der Waals surface area contributed by atoms with E-state index in [0.29, 0.717) is 11.3 Å². The van der Waals surface area contributed by atoms with Gasteiger partial charge in [0.05, 0.1) is 23.0 Å². The van der Waals surface area contributed by atoms with Crippen LogP contribution < -0.4 is 11.1 Å². The molecule has 0 spiro atoms. The highest BCUT2D eigenvalue weighted by atomic mass is 14.9. The second-order valence-corrected chi connectivity index (χ2v) is 4.43. The molecule has 0 bridgehead atoms. The third-order valence-electron chi connectivity index (χ3n) is 2.98. The smallest absolute Gasteiger partial charge is 0.0992 e. The lowest BCUT2D eigenvalue weighted by atomic mass is 10.1. The summed E-state index contributed by atoms with van der Waals surface area (Å²) < 4.78 is 0. The van der Waals surface area contributed by atoms with Crippen molar-refractivity contribution >= 4 is 11.4 Å². The molecular formula is C16H17N3. The van der Waals surface area contributed by atoms with Crippen LogP contribution in [0.25, 0.3) is 0 Å². The number of nitrogens with one attached hydrogen (secondary N) is 1. The van der Waals surface area contributed by atoms with Gasteiger partial charge in [0, 0.05) is 6.54 Å². The Hall–Kier alpha value is -2.47. The Labute approximate surface area is 113 Å². The number of nitrogen functional groups attached to an aromatic ring is 1. The largest absolute Gasteiger partial charge is 0.397 e. The van der Waals surface area contributed by atoms with Gasteiger partial charge in [0.25, 0.3) is 0 Å². The summed E-state index contributed by atoms with van der Waals surface area (Å²) >= 11 is 0. The fourth-order valence-corrected chi connectivity index (χ4v) is 1.94. The van der Waals surface area contributed by atoms with Gasteiger partial charge in [0.1, 0.15) is 0 Å². The Morgan fingerprint density at radius 3 is 2.63 bits per heavy atom. The molecule has 0 saturated heterocycles. The van der Waals surface area contributed by atoms with Crippen molar-refractivity contribution in [2.45, 2.75) is 12.8 Å². The fourth-order valence-electron chi connectivity index (χ4n) is 1.94. The van der Waals surface area contributed by atoms with E-state index < -0.39 is 0 Å². The zero-order chi connectivity index (χ0) is 13.5. The highest BCUT2D eigenvalue weighted by Crippen LogP contribution is 2.19. The van der Waals surface area contributed by atoms with Gasteiger partial charge in [0.15, 0.2) is 0 Å². The topological polar surface area (TPSA) is 61.8 Å². The van der Waals surface area contributed by atoms with E-state index >= 15 is 0 Å². The molecule has 0 saturated carbocycles. The Morgan fingerprint density at radius 2 is 1.89 bits per heavy atom. The average Bonchev–Trinajstić information content (AvgIpc) is 2.46. The quantitative estimate of drug-likeness (QED) is 0.633. The van der Waals surface area contributed by atoms with Gasteiger partial charge < -0.3 is 11.1 Å². The monoisotopic (exact) mass is 251 g/mol. The molecule has 0 atom stereocenters. The molecule has 0 aliphatic heterocycles. The second-order valence-electron chi connectivity index (χ2n) is 4.43. The molecule has 2 aromatic rings. The summed E-state index contributed by atoms with van der Waals surface area (Å²) in [5, 5.41) is 12.1. The summed E-state index contributed by atoms with van der Waals surface area (Å²) in [4.78, 5) is 0. The van der Waals surface area contributed by atoms with Crippen LogP contribution in [0.5, 0.6) is 0 Å². The van der Waals surface area contributed by atoms with Crippen LogP contribution >= 0.6 is 0 Å². The maximum absolute atomic E-state index is 8.85. The average molecular weight is 251 g/mol. The van der Waals surface area contributed by atoms with Crippen molar-refractivity contribution in [1.82, 2.24) is 0 Å². The number of hydrogen-bond donors (Lipinski definition) is 2. The van der Waals surface area contributed by atoms with E-state index in [2.05, 4.69) is 35.7 Å². The third-order valence-corrected chi connectivity index (χ3v) is 2.98. The Bertz CT molecular complexity index is 570. The predicted molar refractivity (Wildman–Crippen MR) is 78.8 cm³/mol. The molecule has 2 aromatic carbocycles. The van der Waals surface area contributed by atoms with Gasteiger partial charge in [-0.15, -0.1) is 0 Å².